The lowest BCUT2D eigenvalue weighted by atomic mass is 10.0. The fourth-order valence-electron chi connectivity index (χ4n) is 2.39. The highest BCUT2D eigenvalue weighted by Gasteiger charge is 2.20. The molecule has 0 aliphatic heterocycles. The number of nitrogens with one attached hydrogen (secondary N) is 2. The van der Waals surface area contributed by atoms with Crippen molar-refractivity contribution in [3.8, 4) is 0 Å². The van der Waals surface area contributed by atoms with Gasteiger partial charge in [0.1, 0.15) is 0 Å². The zero-order chi connectivity index (χ0) is 20.0. The van der Waals surface area contributed by atoms with Gasteiger partial charge in [-0.25, -0.2) is 0 Å². The molecule has 5 nitrogen and oxygen atoms in total. The number of halogens is 2. The van der Waals surface area contributed by atoms with E-state index in [1.54, 1.807) is 0 Å². The Kier molecular flexibility index (Phi) is 7.25. The second-order valence-electron chi connectivity index (χ2n) is 6.95. The van der Waals surface area contributed by atoms with E-state index in [9.17, 15) is 9.59 Å². The van der Waals surface area contributed by atoms with Crippen molar-refractivity contribution in [3.05, 3.63) is 63.6 Å². The lowest BCUT2D eigenvalue weighted by Crippen LogP contribution is -2.50. The van der Waals surface area contributed by atoms with Crippen LogP contribution in [0.4, 0.5) is 5.69 Å². The van der Waals surface area contributed by atoms with E-state index in [2.05, 4.69) is 10.6 Å². The minimum Gasteiger partial charge on any atom is -0.396 e. The van der Waals surface area contributed by atoms with E-state index in [1.165, 1.54) is 12.1 Å². The number of nitrogens with two attached hydrogens (primary N) is 1. The van der Waals surface area contributed by atoms with Gasteiger partial charge in [0.25, 0.3) is 0 Å². The number of hydrogen-bond donors (Lipinski definition) is 3. The number of Topliss-reactive ketones (excluding diaryl/α,β-unsaturated/α-hetero) is 1. The smallest absolute Gasteiger partial charge is 0.224 e. The molecular weight excluding hydrogens is 385 g/mol. The molecule has 0 aliphatic carbocycles. The Morgan fingerprint density at radius 2 is 1.67 bits per heavy atom. The standard InChI is InChI=1S/C20H23Cl2N3O2/c1-20(2,12-24-18(27)8-13-6-4-3-5-7-13)25-11-17(26)14-9-15(21)19(23)16(22)10-14/h3-7,9-10,25H,8,11-12,23H2,1-2H3,(H,24,27). The average Bonchev–Trinajstić information content (AvgIpc) is 2.63. The molecule has 2 aromatic carbocycles. The summed E-state index contributed by atoms with van der Waals surface area (Å²) in [6.07, 6.45) is 0.318. The first-order chi connectivity index (χ1) is 12.7. The van der Waals surface area contributed by atoms with Crippen LogP contribution in [0.25, 0.3) is 0 Å². The molecule has 2 rings (SSSR count). The Labute approximate surface area is 169 Å². The van der Waals surface area contributed by atoms with Gasteiger partial charge in [0.2, 0.25) is 5.91 Å². The van der Waals surface area contributed by atoms with Crippen LogP contribution in [0.15, 0.2) is 42.5 Å². The number of amides is 1. The molecular formula is C20H23Cl2N3O2. The molecule has 144 valence electrons. The summed E-state index contributed by atoms with van der Waals surface area (Å²) in [5.74, 6) is -0.234. The number of benzene rings is 2. The Morgan fingerprint density at radius 3 is 2.26 bits per heavy atom. The first-order valence-corrected chi connectivity index (χ1v) is 9.27. The van der Waals surface area contributed by atoms with Gasteiger partial charge in [-0.2, -0.15) is 0 Å². The first kappa shape index (κ1) is 21.2. The van der Waals surface area contributed by atoms with E-state index in [1.807, 2.05) is 44.2 Å². The molecule has 27 heavy (non-hydrogen) atoms. The van der Waals surface area contributed by atoms with Crippen LogP contribution in [0.3, 0.4) is 0 Å². The van der Waals surface area contributed by atoms with Gasteiger partial charge in [0.05, 0.1) is 28.7 Å². The first-order valence-electron chi connectivity index (χ1n) is 8.51. The predicted octanol–water partition coefficient (Wildman–Crippen LogP) is 3.49. The Balaban J connectivity index is 1.85. The van der Waals surface area contributed by atoms with Crippen molar-refractivity contribution in [2.75, 3.05) is 18.8 Å². The number of carbonyl (C=O) groups is 2. The topological polar surface area (TPSA) is 84.2 Å². The van der Waals surface area contributed by atoms with Gasteiger partial charge in [-0.3, -0.25) is 9.59 Å². The van der Waals surface area contributed by atoms with Gasteiger partial charge in [-0.05, 0) is 31.5 Å². The largest absolute Gasteiger partial charge is 0.396 e. The summed E-state index contributed by atoms with van der Waals surface area (Å²) < 4.78 is 0. The van der Waals surface area contributed by atoms with Crippen LogP contribution in [-0.2, 0) is 11.2 Å². The molecule has 0 unspecified atom stereocenters. The molecule has 0 heterocycles. The van der Waals surface area contributed by atoms with Crippen LogP contribution in [0.1, 0.15) is 29.8 Å². The molecule has 0 aliphatic rings. The maximum atomic E-state index is 12.4. The Hall–Kier alpha value is -2.08. The summed E-state index contributed by atoms with van der Waals surface area (Å²) in [5.41, 5.74) is 6.81. The molecule has 7 heteroatoms. The van der Waals surface area contributed by atoms with Crippen LogP contribution in [0.5, 0.6) is 0 Å². The van der Waals surface area contributed by atoms with E-state index in [-0.39, 0.29) is 34.0 Å². The lowest BCUT2D eigenvalue weighted by molar-refractivity contribution is -0.120. The maximum Gasteiger partial charge on any atom is 0.224 e. The molecule has 1 amide bonds. The number of nitrogen functional groups attached to an aromatic ring is 1. The number of anilines is 1. The van der Waals surface area contributed by atoms with Crippen LogP contribution in [0.2, 0.25) is 10.0 Å². The Morgan fingerprint density at radius 1 is 1.07 bits per heavy atom. The summed E-state index contributed by atoms with van der Waals surface area (Å²) in [5, 5.41) is 6.53. The molecule has 0 aromatic heterocycles. The second kappa shape index (κ2) is 9.22. The van der Waals surface area contributed by atoms with Crippen molar-refractivity contribution in [2.24, 2.45) is 0 Å². The van der Waals surface area contributed by atoms with Crippen LogP contribution >= 0.6 is 23.2 Å². The minimum absolute atomic E-state index is 0.0699. The minimum atomic E-state index is -0.469. The zero-order valence-electron chi connectivity index (χ0n) is 15.3. The van der Waals surface area contributed by atoms with E-state index >= 15 is 0 Å². The van der Waals surface area contributed by atoms with E-state index in [0.29, 0.717) is 18.5 Å². The summed E-state index contributed by atoms with van der Waals surface area (Å²) in [6.45, 7) is 4.28. The SMILES string of the molecule is CC(C)(CNC(=O)Cc1ccccc1)NCC(=O)c1cc(Cl)c(N)c(Cl)c1. The third-order valence-electron chi connectivity index (χ3n) is 4.06. The molecule has 0 radical (unpaired) electrons. The van der Waals surface area contributed by atoms with Crippen molar-refractivity contribution in [3.63, 3.8) is 0 Å². The Bertz CT molecular complexity index is 800. The third-order valence-corrected chi connectivity index (χ3v) is 4.69. The fraction of sp³-hybridized carbons (Fsp3) is 0.300. The third kappa shape index (κ3) is 6.54. The lowest BCUT2D eigenvalue weighted by Gasteiger charge is -2.26. The molecule has 0 saturated carbocycles. The number of carbonyl (C=O) groups excluding carboxylic acids is 2. The van der Waals surface area contributed by atoms with E-state index < -0.39 is 5.54 Å². The van der Waals surface area contributed by atoms with E-state index in [4.69, 9.17) is 28.9 Å². The average molecular weight is 408 g/mol. The molecule has 4 N–H and O–H groups in total. The summed E-state index contributed by atoms with van der Waals surface area (Å²) >= 11 is 11.9. The van der Waals surface area contributed by atoms with E-state index in [0.717, 1.165) is 5.56 Å². The van der Waals surface area contributed by atoms with Gasteiger partial charge < -0.3 is 16.4 Å². The number of rotatable bonds is 8. The van der Waals surface area contributed by atoms with Gasteiger partial charge in [-0.1, -0.05) is 53.5 Å². The van der Waals surface area contributed by atoms with Crippen molar-refractivity contribution >= 4 is 40.6 Å². The normalized spacial score (nSPS) is 11.3. The van der Waals surface area contributed by atoms with Crippen LogP contribution in [0, 0.1) is 0 Å². The molecule has 0 fully saturated rings. The number of hydrogen-bond acceptors (Lipinski definition) is 4. The van der Waals surface area contributed by atoms with Gasteiger partial charge >= 0.3 is 0 Å². The van der Waals surface area contributed by atoms with Crippen LogP contribution < -0.4 is 16.4 Å². The molecule has 2 aromatic rings. The fourth-order valence-corrected chi connectivity index (χ4v) is 2.88. The van der Waals surface area contributed by atoms with Crippen molar-refractivity contribution in [2.45, 2.75) is 25.8 Å². The molecule has 0 saturated heterocycles. The maximum absolute atomic E-state index is 12.4. The quantitative estimate of drug-likeness (QED) is 0.461. The van der Waals surface area contributed by atoms with Crippen LogP contribution in [-0.4, -0.2) is 30.3 Å². The summed E-state index contributed by atoms with van der Waals surface area (Å²) in [6, 6.07) is 12.5. The second-order valence-corrected chi connectivity index (χ2v) is 7.77. The molecule has 0 spiro atoms. The predicted molar refractivity (Wildman–Crippen MR) is 110 cm³/mol. The highest BCUT2D eigenvalue weighted by atomic mass is 35.5. The number of ketones is 1. The van der Waals surface area contributed by atoms with Crippen molar-refractivity contribution in [1.82, 2.24) is 10.6 Å². The summed E-state index contributed by atoms with van der Waals surface area (Å²) in [4.78, 5) is 24.5. The highest BCUT2D eigenvalue weighted by Crippen LogP contribution is 2.28. The molecule has 0 bridgehead atoms. The van der Waals surface area contributed by atoms with Gasteiger partial charge in [-0.15, -0.1) is 0 Å². The monoisotopic (exact) mass is 407 g/mol. The van der Waals surface area contributed by atoms with Crippen molar-refractivity contribution < 1.29 is 9.59 Å². The molecule has 0 atom stereocenters. The highest BCUT2D eigenvalue weighted by molar-refractivity contribution is 6.39. The summed E-state index contributed by atoms with van der Waals surface area (Å²) in [7, 11) is 0. The zero-order valence-corrected chi connectivity index (χ0v) is 16.8. The van der Waals surface area contributed by atoms with Crippen molar-refractivity contribution in [1.29, 1.82) is 0 Å². The van der Waals surface area contributed by atoms with Gasteiger partial charge in [0, 0.05) is 17.6 Å². The van der Waals surface area contributed by atoms with Gasteiger partial charge in [0.15, 0.2) is 5.78 Å².